The number of carbonyl (C=O) groups is 2. The normalized spacial score (nSPS) is 12.6. The molecule has 154 valence electrons. The van der Waals surface area contributed by atoms with Crippen molar-refractivity contribution >= 4 is 40.4 Å². The summed E-state index contributed by atoms with van der Waals surface area (Å²) < 4.78 is 3.42. The van der Waals surface area contributed by atoms with Crippen LogP contribution in [-0.2, 0) is 11.3 Å². The number of nitrogens with one attached hydrogen (secondary N) is 1. The van der Waals surface area contributed by atoms with E-state index in [2.05, 4.69) is 22.4 Å². The molecule has 0 bridgehead atoms. The van der Waals surface area contributed by atoms with Crippen molar-refractivity contribution in [1.29, 1.82) is 0 Å². The zero-order chi connectivity index (χ0) is 21.1. The average Bonchev–Trinajstić information content (AvgIpc) is 3.09. The highest BCUT2D eigenvalue weighted by atomic mass is 32.2. The topological polar surface area (TPSA) is 124 Å². The van der Waals surface area contributed by atoms with Crippen molar-refractivity contribution in [2.24, 2.45) is 11.7 Å². The molecule has 0 saturated heterocycles. The number of imide groups is 1. The van der Waals surface area contributed by atoms with E-state index in [9.17, 15) is 14.4 Å². The highest BCUT2D eigenvalue weighted by molar-refractivity contribution is 8.00. The van der Waals surface area contributed by atoms with Gasteiger partial charge in [-0.05, 0) is 24.5 Å². The minimum Gasteiger partial charge on any atom is -0.351 e. The van der Waals surface area contributed by atoms with Gasteiger partial charge in [0.15, 0.2) is 5.16 Å². The summed E-state index contributed by atoms with van der Waals surface area (Å²) in [5.74, 6) is -0.149. The van der Waals surface area contributed by atoms with E-state index < -0.39 is 17.2 Å². The van der Waals surface area contributed by atoms with Gasteiger partial charge < -0.3 is 5.73 Å². The first-order valence-corrected chi connectivity index (χ1v) is 10.4. The molecular formula is C19H24N6O3S. The van der Waals surface area contributed by atoms with Crippen molar-refractivity contribution in [3.63, 3.8) is 0 Å². The number of aryl methyl sites for hydroxylation is 1. The van der Waals surface area contributed by atoms with Crippen molar-refractivity contribution in [3.05, 3.63) is 34.6 Å². The predicted molar refractivity (Wildman–Crippen MR) is 112 cm³/mol. The van der Waals surface area contributed by atoms with Crippen LogP contribution in [0.1, 0.15) is 33.6 Å². The number of hydrogen-bond donors (Lipinski definition) is 2. The highest BCUT2D eigenvalue weighted by Gasteiger charge is 2.28. The Labute approximate surface area is 171 Å². The van der Waals surface area contributed by atoms with E-state index in [1.54, 1.807) is 15.0 Å². The monoisotopic (exact) mass is 416 g/mol. The lowest BCUT2D eigenvalue weighted by Gasteiger charge is -2.18. The predicted octanol–water partition coefficient (Wildman–Crippen LogP) is 2.16. The van der Waals surface area contributed by atoms with Gasteiger partial charge in [0.2, 0.25) is 11.7 Å². The number of aromatic nitrogens is 4. The van der Waals surface area contributed by atoms with E-state index in [0.29, 0.717) is 28.4 Å². The van der Waals surface area contributed by atoms with Crippen LogP contribution in [0.25, 0.3) is 16.7 Å². The molecule has 0 aliphatic heterocycles. The first-order valence-electron chi connectivity index (χ1n) is 9.48. The maximum absolute atomic E-state index is 13.0. The Balaban J connectivity index is 2.16. The van der Waals surface area contributed by atoms with Gasteiger partial charge in [-0.1, -0.05) is 51.1 Å². The van der Waals surface area contributed by atoms with E-state index in [0.717, 1.165) is 12.8 Å². The summed E-state index contributed by atoms with van der Waals surface area (Å²) in [7, 11) is 0. The number of carbonyl (C=O) groups excluding carboxylic acids is 2. The number of urea groups is 1. The van der Waals surface area contributed by atoms with E-state index in [-0.39, 0.29) is 11.5 Å². The number of nitrogens with two attached hydrogens (primary N) is 1. The lowest BCUT2D eigenvalue weighted by atomic mass is 10.1. The number of thioether (sulfide) groups is 1. The molecule has 1 atom stereocenters. The van der Waals surface area contributed by atoms with Crippen LogP contribution in [-0.4, -0.2) is 36.4 Å². The smallest absolute Gasteiger partial charge is 0.318 e. The summed E-state index contributed by atoms with van der Waals surface area (Å²) in [5.41, 5.74) is 5.66. The van der Waals surface area contributed by atoms with E-state index in [1.165, 1.54) is 11.8 Å². The van der Waals surface area contributed by atoms with Gasteiger partial charge in [0.25, 0.3) is 5.56 Å². The molecule has 0 spiro atoms. The van der Waals surface area contributed by atoms with Gasteiger partial charge in [-0.15, -0.1) is 10.2 Å². The Bertz CT molecular complexity index is 1120. The Morgan fingerprint density at radius 2 is 1.97 bits per heavy atom. The van der Waals surface area contributed by atoms with Crippen molar-refractivity contribution in [1.82, 2.24) is 24.5 Å². The number of nitrogens with zero attached hydrogens (tertiary/aromatic N) is 4. The largest absolute Gasteiger partial charge is 0.351 e. The lowest BCUT2D eigenvalue weighted by molar-refractivity contribution is -0.120. The fourth-order valence-electron chi connectivity index (χ4n) is 3.13. The van der Waals surface area contributed by atoms with Crippen molar-refractivity contribution in [2.45, 2.75) is 50.6 Å². The Hall–Kier alpha value is -2.88. The van der Waals surface area contributed by atoms with Crippen LogP contribution in [0.5, 0.6) is 0 Å². The van der Waals surface area contributed by atoms with Crippen molar-refractivity contribution in [3.8, 4) is 0 Å². The van der Waals surface area contributed by atoms with Gasteiger partial charge in [0.05, 0.1) is 16.2 Å². The van der Waals surface area contributed by atoms with Gasteiger partial charge in [0, 0.05) is 6.54 Å². The first-order chi connectivity index (χ1) is 13.8. The molecule has 0 radical (unpaired) electrons. The Morgan fingerprint density at radius 3 is 2.62 bits per heavy atom. The molecule has 3 rings (SSSR count). The van der Waals surface area contributed by atoms with Crippen LogP contribution >= 0.6 is 11.8 Å². The molecule has 0 fully saturated rings. The number of amides is 3. The molecule has 0 unspecified atom stereocenters. The van der Waals surface area contributed by atoms with Gasteiger partial charge in [0.1, 0.15) is 0 Å². The summed E-state index contributed by atoms with van der Waals surface area (Å²) in [5, 5.41) is 11.1. The van der Waals surface area contributed by atoms with Crippen molar-refractivity contribution in [2.75, 3.05) is 0 Å². The van der Waals surface area contributed by atoms with Crippen LogP contribution in [0.3, 0.4) is 0 Å². The number of unbranched alkanes of at least 4 members (excludes halogenated alkanes) is 1. The van der Waals surface area contributed by atoms with E-state index in [1.807, 2.05) is 32.0 Å². The standard InChI is InChI=1S/C19H24N6O3S/c1-4-5-10-24-16(27)12-8-6-7-9-13(12)25-18(24)22-23-19(25)29-14(11(2)3)15(26)21-17(20)28/h6-9,11,14H,4-5,10H2,1-3H3,(H3,20,21,26,28)/t14-/m0/s1. The minimum absolute atomic E-state index is 0.0936. The van der Waals surface area contributed by atoms with Gasteiger partial charge in [-0.3, -0.25) is 23.9 Å². The molecule has 2 heterocycles. The summed E-state index contributed by atoms with van der Waals surface area (Å²) in [6, 6.07) is 6.36. The van der Waals surface area contributed by atoms with Crippen LogP contribution < -0.4 is 16.6 Å². The van der Waals surface area contributed by atoms with Gasteiger partial charge in [-0.25, -0.2) is 4.79 Å². The number of rotatable bonds is 7. The second kappa shape index (κ2) is 8.64. The van der Waals surface area contributed by atoms with Crippen LogP contribution in [0.15, 0.2) is 34.2 Å². The fraction of sp³-hybridized carbons (Fsp3) is 0.421. The number of benzene rings is 1. The third-order valence-corrected chi connectivity index (χ3v) is 6.04. The molecule has 2 aromatic heterocycles. The van der Waals surface area contributed by atoms with Crippen LogP contribution in [0.4, 0.5) is 4.79 Å². The molecule has 9 nitrogen and oxygen atoms in total. The van der Waals surface area contributed by atoms with E-state index in [4.69, 9.17) is 5.73 Å². The summed E-state index contributed by atoms with van der Waals surface area (Å²) in [6.45, 7) is 6.33. The minimum atomic E-state index is -0.897. The molecule has 3 aromatic rings. The first kappa shape index (κ1) is 20.8. The molecule has 0 aliphatic carbocycles. The summed E-state index contributed by atoms with van der Waals surface area (Å²) >= 11 is 1.19. The molecule has 0 aliphatic rings. The summed E-state index contributed by atoms with van der Waals surface area (Å²) in [6.07, 6.45) is 1.77. The SMILES string of the molecule is CCCCn1c(=O)c2ccccc2n2c(S[C@H](C(=O)NC(N)=O)C(C)C)nnc12. The number of hydrogen-bond acceptors (Lipinski definition) is 6. The number of fused-ring (bicyclic) bond motifs is 3. The second-order valence-corrected chi connectivity index (χ2v) is 8.19. The van der Waals surface area contributed by atoms with Crippen LogP contribution in [0.2, 0.25) is 0 Å². The van der Waals surface area contributed by atoms with Crippen molar-refractivity contribution < 1.29 is 9.59 Å². The number of para-hydroxylation sites is 1. The third-order valence-electron chi connectivity index (χ3n) is 4.56. The molecule has 10 heteroatoms. The molecular weight excluding hydrogens is 392 g/mol. The second-order valence-electron chi connectivity index (χ2n) is 7.08. The molecule has 3 N–H and O–H groups in total. The quantitative estimate of drug-likeness (QED) is 0.569. The summed E-state index contributed by atoms with van der Waals surface area (Å²) in [4.78, 5) is 36.5. The highest BCUT2D eigenvalue weighted by Crippen LogP contribution is 2.29. The zero-order valence-corrected chi connectivity index (χ0v) is 17.4. The maximum atomic E-state index is 13.0. The van der Waals surface area contributed by atoms with Gasteiger partial charge >= 0.3 is 6.03 Å². The Kier molecular flexibility index (Phi) is 6.21. The zero-order valence-electron chi connectivity index (χ0n) is 16.6. The number of primary amides is 1. The molecule has 29 heavy (non-hydrogen) atoms. The molecule has 1 aromatic carbocycles. The fourth-order valence-corrected chi connectivity index (χ4v) is 4.16. The van der Waals surface area contributed by atoms with Crippen LogP contribution in [0, 0.1) is 5.92 Å². The Morgan fingerprint density at radius 1 is 1.24 bits per heavy atom. The lowest BCUT2D eigenvalue weighted by Crippen LogP contribution is -2.42. The molecule has 3 amide bonds. The average molecular weight is 417 g/mol. The maximum Gasteiger partial charge on any atom is 0.318 e. The molecule has 0 saturated carbocycles. The van der Waals surface area contributed by atoms with Gasteiger partial charge in [-0.2, -0.15) is 0 Å². The van der Waals surface area contributed by atoms with E-state index >= 15 is 0 Å². The third kappa shape index (κ3) is 4.12.